The minimum atomic E-state index is 0.507. The minimum Gasteiger partial charge on any atom is -0.328 e. The number of piperidine rings is 1. The van der Waals surface area contributed by atoms with Crippen molar-refractivity contribution >= 4 is 0 Å². The molecule has 0 spiro atoms. The summed E-state index contributed by atoms with van der Waals surface area (Å²) in [6.45, 7) is 5.00. The van der Waals surface area contributed by atoms with Crippen LogP contribution in [0.25, 0.3) is 0 Å². The Kier molecular flexibility index (Phi) is 2.37. The first-order valence-electron chi connectivity index (χ1n) is 5.25. The van der Waals surface area contributed by atoms with E-state index < -0.39 is 0 Å². The van der Waals surface area contributed by atoms with Crippen LogP contribution in [0.15, 0.2) is 0 Å². The molecule has 1 aliphatic heterocycles. The van der Waals surface area contributed by atoms with Crippen LogP contribution in [0.5, 0.6) is 0 Å². The van der Waals surface area contributed by atoms with Crippen molar-refractivity contribution in [1.82, 2.24) is 4.90 Å². The molecule has 0 radical (unpaired) electrons. The van der Waals surface area contributed by atoms with Crippen LogP contribution in [0.4, 0.5) is 0 Å². The summed E-state index contributed by atoms with van der Waals surface area (Å²) in [5, 5.41) is 0. The summed E-state index contributed by atoms with van der Waals surface area (Å²) < 4.78 is 0. The smallest absolute Gasteiger partial charge is 0.0125 e. The standard InChI is InChI=1S/C10H20N2/c1-8-3-2-4-12(7-8)10-5-9(11)6-10/h8-10H,2-7,11H2,1H3. The molecule has 0 amide bonds. The van der Waals surface area contributed by atoms with Gasteiger partial charge in [0.1, 0.15) is 0 Å². The SMILES string of the molecule is CC1CCCN(C2CC(N)C2)C1. The number of hydrogen-bond donors (Lipinski definition) is 1. The predicted molar refractivity (Wildman–Crippen MR) is 51.0 cm³/mol. The van der Waals surface area contributed by atoms with Gasteiger partial charge in [0.15, 0.2) is 0 Å². The molecule has 2 heteroatoms. The monoisotopic (exact) mass is 168 g/mol. The summed E-state index contributed by atoms with van der Waals surface area (Å²) in [4.78, 5) is 2.65. The maximum absolute atomic E-state index is 5.78. The Morgan fingerprint density at radius 3 is 2.67 bits per heavy atom. The second kappa shape index (κ2) is 3.35. The third-order valence-corrected chi connectivity index (χ3v) is 3.35. The Morgan fingerprint density at radius 2 is 2.08 bits per heavy atom. The highest BCUT2D eigenvalue weighted by atomic mass is 15.2. The van der Waals surface area contributed by atoms with Crippen molar-refractivity contribution in [2.45, 2.75) is 44.7 Å². The summed E-state index contributed by atoms with van der Waals surface area (Å²) in [6, 6.07) is 1.34. The van der Waals surface area contributed by atoms with E-state index in [0.29, 0.717) is 6.04 Å². The van der Waals surface area contributed by atoms with Gasteiger partial charge in [-0.2, -0.15) is 0 Å². The maximum Gasteiger partial charge on any atom is 0.0125 e. The van der Waals surface area contributed by atoms with Crippen molar-refractivity contribution in [3.8, 4) is 0 Å². The molecule has 2 N–H and O–H groups in total. The average molecular weight is 168 g/mol. The van der Waals surface area contributed by atoms with E-state index >= 15 is 0 Å². The van der Waals surface area contributed by atoms with Gasteiger partial charge in [-0.3, -0.25) is 0 Å². The Morgan fingerprint density at radius 1 is 1.33 bits per heavy atom. The summed E-state index contributed by atoms with van der Waals surface area (Å²) in [5.74, 6) is 0.913. The summed E-state index contributed by atoms with van der Waals surface area (Å²) >= 11 is 0. The van der Waals surface area contributed by atoms with Crippen LogP contribution in [0, 0.1) is 5.92 Å². The fourth-order valence-electron chi connectivity index (χ4n) is 2.49. The van der Waals surface area contributed by atoms with Crippen LogP contribution < -0.4 is 5.73 Å². The molecule has 0 aromatic rings. The molecule has 1 heterocycles. The highest BCUT2D eigenvalue weighted by Gasteiger charge is 2.32. The van der Waals surface area contributed by atoms with E-state index in [1.54, 1.807) is 0 Å². The van der Waals surface area contributed by atoms with Crippen molar-refractivity contribution in [2.24, 2.45) is 11.7 Å². The van der Waals surface area contributed by atoms with Crippen LogP contribution in [0.1, 0.15) is 32.6 Å². The number of hydrogen-bond acceptors (Lipinski definition) is 2. The molecule has 0 aromatic carbocycles. The number of nitrogens with two attached hydrogens (primary N) is 1. The zero-order valence-electron chi connectivity index (χ0n) is 8.00. The van der Waals surface area contributed by atoms with Gasteiger partial charge in [0, 0.05) is 18.6 Å². The summed E-state index contributed by atoms with van der Waals surface area (Å²) in [6.07, 6.45) is 5.31. The van der Waals surface area contributed by atoms with E-state index in [0.717, 1.165) is 12.0 Å². The van der Waals surface area contributed by atoms with Gasteiger partial charge in [-0.15, -0.1) is 0 Å². The van der Waals surface area contributed by atoms with Crippen molar-refractivity contribution in [3.63, 3.8) is 0 Å². The van der Waals surface area contributed by atoms with Gasteiger partial charge in [0.2, 0.25) is 0 Å². The lowest BCUT2D eigenvalue weighted by molar-refractivity contribution is 0.0699. The second-order valence-electron chi connectivity index (χ2n) is 4.63. The number of rotatable bonds is 1. The van der Waals surface area contributed by atoms with Gasteiger partial charge in [-0.25, -0.2) is 0 Å². The molecule has 12 heavy (non-hydrogen) atoms. The molecule has 1 saturated heterocycles. The van der Waals surface area contributed by atoms with E-state index in [-0.39, 0.29) is 0 Å². The van der Waals surface area contributed by atoms with Crippen LogP contribution in [-0.2, 0) is 0 Å². The van der Waals surface area contributed by atoms with Crippen molar-refractivity contribution in [3.05, 3.63) is 0 Å². The van der Waals surface area contributed by atoms with Gasteiger partial charge in [-0.05, 0) is 38.1 Å². The molecule has 1 aliphatic carbocycles. The van der Waals surface area contributed by atoms with Crippen molar-refractivity contribution in [1.29, 1.82) is 0 Å². The first kappa shape index (κ1) is 8.52. The molecule has 0 bridgehead atoms. The highest BCUT2D eigenvalue weighted by Crippen LogP contribution is 2.28. The Hall–Kier alpha value is -0.0800. The summed E-state index contributed by atoms with van der Waals surface area (Å²) in [7, 11) is 0. The zero-order chi connectivity index (χ0) is 8.55. The molecule has 2 rings (SSSR count). The van der Waals surface area contributed by atoms with Gasteiger partial charge in [0.25, 0.3) is 0 Å². The maximum atomic E-state index is 5.78. The Labute approximate surface area is 75.1 Å². The molecule has 1 atom stereocenters. The molecule has 0 aromatic heterocycles. The molecular weight excluding hydrogens is 148 g/mol. The van der Waals surface area contributed by atoms with E-state index in [1.165, 1.54) is 38.8 Å². The second-order valence-corrected chi connectivity index (χ2v) is 4.63. The Bertz CT molecular complexity index is 152. The van der Waals surface area contributed by atoms with Gasteiger partial charge in [0.05, 0.1) is 0 Å². The van der Waals surface area contributed by atoms with E-state index in [9.17, 15) is 0 Å². The third-order valence-electron chi connectivity index (χ3n) is 3.35. The molecule has 70 valence electrons. The largest absolute Gasteiger partial charge is 0.328 e. The first-order valence-corrected chi connectivity index (χ1v) is 5.25. The molecule has 2 aliphatic rings. The van der Waals surface area contributed by atoms with E-state index in [1.807, 2.05) is 0 Å². The highest BCUT2D eigenvalue weighted by molar-refractivity contribution is 4.91. The number of likely N-dealkylation sites (tertiary alicyclic amines) is 1. The topological polar surface area (TPSA) is 29.3 Å². The molecular formula is C10H20N2. The lowest BCUT2D eigenvalue weighted by Crippen LogP contribution is -2.53. The van der Waals surface area contributed by atoms with E-state index in [2.05, 4.69) is 11.8 Å². The van der Waals surface area contributed by atoms with Gasteiger partial charge in [-0.1, -0.05) is 6.92 Å². The lowest BCUT2D eigenvalue weighted by Gasteiger charge is -2.44. The van der Waals surface area contributed by atoms with Crippen LogP contribution in [0.3, 0.4) is 0 Å². The minimum absolute atomic E-state index is 0.507. The number of nitrogens with zero attached hydrogens (tertiary/aromatic N) is 1. The van der Waals surface area contributed by atoms with Gasteiger partial charge >= 0.3 is 0 Å². The molecule has 1 unspecified atom stereocenters. The normalized spacial score (nSPS) is 44.0. The van der Waals surface area contributed by atoms with Crippen molar-refractivity contribution in [2.75, 3.05) is 13.1 Å². The fourth-order valence-corrected chi connectivity index (χ4v) is 2.49. The third kappa shape index (κ3) is 1.64. The van der Waals surface area contributed by atoms with Crippen molar-refractivity contribution < 1.29 is 0 Å². The summed E-state index contributed by atoms with van der Waals surface area (Å²) in [5.41, 5.74) is 5.78. The van der Waals surface area contributed by atoms with Crippen LogP contribution in [-0.4, -0.2) is 30.1 Å². The predicted octanol–water partition coefficient (Wildman–Crippen LogP) is 1.21. The molecule has 1 saturated carbocycles. The molecule has 2 fully saturated rings. The zero-order valence-corrected chi connectivity index (χ0v) is 8.00. The first-order chi connectivity index (χ1) is 5.75. The van der Waals surface area contributed by atoms with Gasteiger partial charge < -0.3 is 10.6 Å². The fraction of sp³-hybridized carbons (Fsp3) is 1.00. The quantitative estimate of drug-likeness (QED) is 0.637. The van der Waals surface area contributed by atoms with Crippen LogP contribution in [0.2, 0.25) is 0 Å². The lowest BCUT2D eigenvalue weighted by atomic mass is 9.84. The molecule has 2 nitrogen and oxygen atoms in total. The van der Waals surface area contributed by atoms with E-state index in [4.69, 9.17) is 5.73 Å². The average Bonchev–Trinajstić information content (AvgIpc) is 1.99. The van der Waals surface area contributed by atoms with Crippen LogP contribution >= 0.6 is 0 Å². The Balaban J connectivity index is 1.80.